The highest BCUT2D eigenvalue weighted by atomic mass is 35.5. The molecule has 1 aromatic carbocycles. The van der Waals surface area contributed by atoms with Crippen molar-refractivity contribution in [3.63, 3.8) is 0 Å². The summed E-state index contributed by atoms with van der Waals surface area (Å²) >= 11 is 8.53. The van der Waals surface area contributed by atoms with Crippen LogP contribution in [0.4, 0.5) is 5.69 Å². The van der Waals surface area contributed by atoms with Crippen LogP contribution in [0, 0.1) is 5.92 Å². The van der Waals surface area contributed by atoms with Crippen LogP contribution in [0.25, 0.3) is 20.4 Å². The molecular formula is C22H21ClN4O2S2. The van der Waals surface area contributed by atoms with Gasteiger partial charge in [-0.3, -0.25) is 14.2 Å². The van der Waals surface area contributed by atoms with Gasteiger partial charge in [0.1, 0.15) is 9.53 Å². The Hall–Kier alpha value is -2.42. The van der Waals surface area contributed by atoms with Gasteiger partial charge in [0.15, 0.2) is 5.16 Å². The predicted molar refractivity (Wildman–Crippen MR) is 129 cm³/mol. The van der Waals surface area contributed by atoms with E-state index in [1.54, 1.807) is 35.0 Å². The molecule has 4 aromatic rings. The van der Waals surface area contributed by atoms with Gasteiger partial charge in [0.2, 0.25) is 5.91 Å². The largest absolute Gasteiger partial charge is 0.325 e. The van der Waals surface area contributed by atoms with Crippen molar-refractivity contribution in [3.8, 4) is 0 Å². The summed E-state index contributed by atoms with van der Waals surface area (Å²) in [5.41, 5.74) is 1.25. The number of benzene rings is 1. The number of hydrogen-bond acceptors (Lipinski definition) is 6. The summed E-state index contributed by atoms with van der Waals surface area (Å²) in [5.74, 6) is 0.411. The molecular weight excluding hydrogens is 452 g/mol. The highest BCUT2D eigenvalue weighted by Gasteiger charge is 2.18. The van der Waals surface area contributed by atoms with Gasteiger partial charge in [-0.2, -0.15) is 0 Å². The van der Waals surface area contributed by atoms with E-state index < -0.39 is 0 Å². The third-order valence-electron chi connectivity index (χ3n) is 4.71. The zero-order valence-electron chi connectivity index (χ0n) is 17.1. The molecule has 1 amide bonds. The smallest absolute Gasteiger partial charge is 0.272 e. The van der Waals surface area contributed by atoms with Crippen molar-refractivity contribution in [2.45, 2.75) is 32.0 Å². The number of anilines is 1. The summed E-state index contributed by atoms with van der Waals surface area (Å²) in [6.07, 6.45) is 2.56. The number of rotatable bonds is 7. The quantitative estimate of drug-likeness (QED) is 0.286. The van der Waals surface area contributed by atoms with Crippen molar-refractivity contribution in [1.29, 1.82) is 0 Å². The summed E-state index contributed by atoms with van der Waals surface area (Å²) in [6.45, 7) is 4.79. The number of nitrogens with one attached hydrogen (secondary N) is 1. The van der Waals surface area contributed by atoms with Gasteiger partial charge in [-0.05, 0) is 48.7 Å². The first-order valence-electron chi connectivity index (χ1n) is 9.88. The lowest BCUT2D eigenvalue weighted by Gasteiger charge is -2.13. The van der Waals surface area contributed by atoms with E-state index in [0.29, 0.717) is 38.5 Å². The molecule has 0 atom stereocenters. The number of carbonyl (C=O) groups excluding carboxylic acids is 1. The minimum atomic E-state index is -0.172. The second-order valence-electron chi connectivity index (χ2n) is 7.51. The fourth-order valence-electron chi connectivity index (χ4n) is 3.10. The van der Waals surface area contributed by atoms with Crippen LogP contribution in [0.3, 0.4) is 0 Å². The van der Waals surface area contributed by atoms with E-state index in [4.69, 9.17) is 16.6 Å². The van der Waals surface area contributed by atoms with Crippen molar-refractivity contribution in [2.75, 3.05) is 11.1 Å². The van der Waals surface area contributed by atoms with E-state index in [1.807, 2.05) is 12.1 Å². The fraction of sp³-hybridized carbons (Fsp3) is 0.273. The number of thiophene rings is 1. The first-order chi connectivity index (χ1) is 14.9. The molecule has 3 heterocycles. The number of amides is 1. The number of nitrogens with zero attached hydrogens (tertiary/aromatic N) is 3. The molecule has 0 aliphatic heterocycles. The molecule has 160 valence electrons. The number of pyridine rings is 1. The second kappa shape index (κ2) is 9.38. The molecule has 0 fully saturated rings. The van der Waals surface area contributed by atoms with Crippen LogP contribution in [0.1, 0.15) is 20.3 Å². The first-order valence-corrected chi connectivity index (χ1v) is 12.1. The molecule has 0 aliphatic carbocycles. The van der Waals surface area contributed by atoms with Crippen molar-refractivity contribution >= 4 is 66.7 Å². The molecule has 3 aromatic heterocycles. The van der Waals surface area contributed by atoms with Crippen molar-refractivity contribution in [1.82, 2.24) is 14.5 Å². The maximum absolute atomic E-state index is 13.3. The highest BCUT2D eigenvalue weighted by molar-refractivity contribution is 7.99. The minimum absolute atomic E-state index is 0.0748. The maximum Gasteiger partial charge on any atom is 0.272 e. The van der Waals surface area contributed by atoms with Gasteiger partial charge in [0.25, 0.3) is 5.56 Å². The minimum Gasteiger partial charge on any atom is -0.325 e. The van der Waals surface area contributed by atoms with Crippen LogP contribution in [0.2, 0.25) is 5.02 Å². The lowest BCUT2D eigenvalue weighted by molar-refractivity contribution is -0.113. The summed E-state index contributed by atoms with van der Waals surface area (Å²) in [4.78, 5) is 35.7. The highest BCUT2D eigenvalue weighted by Crippen LogP contribution is 2.30. The summed E-state index contributed by atoms with van der Waals surface area (Å²) < 4.78 is 2.30. The molecule has 0 saturated heterocycles. The van der Waals surface area contributed by atoms with Crippen molar-refractivity contribution in [2.24, 2.45) is 5.92 Å². The molecule has 0 bridgehead atoms. The van der Waals surface area contributed by atoms with E-state index in [2.05, 4.69) is 24.1 Å². The van der Waals surface area contributed by atoms with Gasteiger partial charge in [-0.15, -0.1) is 11.3 Å². The van der Waals surface area contributed by atoms with E-state index in [0.717, 1.165) is 16.6 Å². The molecule has 1 N–H and O–H groups in total. The zero-order chi connectivity index (χ0) is 22.0. The van der Waals surface area contributed by atoms with Gasteiger partial charge >= 0.3 is 0 Å². The Morgan fingerprint density at radius 1 is 1.26 bits per heavy atom. The number of carbonyl (C=O) groups is 1. The standard InChI is InChI=1S/C22H21ClN4O2S2/c1-13(2)9-11-27-21(29)19-18(16-4-3-10-24-20(16)31-19)26-22(27)30-12-17(28)25-15-7-5-14(23)6-8-15/h3-8,10,13H,9,11-12H2,1-2H3,(H,25,28). The Balaban J connectivity index is 1.64. The monoisotopic (exact) mass is 472 g/mol. The lowest BCUT2D eigenvalue weighted by Crippen LogP contribution is -2.24. The number of halogens is 1. The van der Waals surface area contributed by atoms with Gasteiger partial charge in [-0.25, -0.2) is 9.97 Å². The molecule has 9 heteroatoms. The Bertz CT molecular complexity index is 1300. The van der Waals surface area contributed by atoms with E-state index >= 15 is 0 Å². The van der Waals surface area contributed by atoms with Crippen LogP contribution in [-0.2, 0) is 11.3 Å². The number of hydrogen-bond donors (Lipinski definition) is 1. The molecule has 6 nitrogen and oxygen atoms in total. The molecule has 4 rings (SSSR count). The van der Waals surface area contributed by atoms with Gasteiger partial charge < -0.3 is 5.32 Å². The normalized spacial score (nSPS) is 11.5. The molecule has 0 radical (unpaired) electrons. The molecule has 0 spiro atoms. The van der Waals surface area contributed by atoms with Crippen LogP contribution >= 0.6 is 34.7 Å². The SMILES string of the molecule is CC(C)CCn1c(SCC(=O)Nc2ccc(Cl)cc2)nc2c(sc3ncccc32)c1=O. The van der Waals surface area contributed by atoms with Crippen molar-refractivity contribution < 1.29 is 4.79 Å². The van der Waals surface area contributed by atoms with E-state index in [1.165, 1.54) is 23.1 Å². The molecule has 0 aliphatic rings. The topological polar surface area (TPSA) is 76.9 Å². The van der Waals surface area contributed by atoms with Crippen LogP contribution < -0.4 is 10.9 Å². The lowest BCUT2D eigenvalue weighted by atomic mass is 10.1. The number of aromatic nitrogens is 3. The average Bonchev–Trinajstić information content (AvgIpc) is 3.12. The summed E-state index contributed by atoms with van der Waals surface area (Å²) in [7, 11) is 0. The summed E-state index contributed by atoms with van der Waals surface area (Å²) in [5, 5.41) is 4.86. The van der Waals surface area contributed by atoms with Crippen molar-refractivity contribution in [3.05, 3.63) is 58.0 Å². The molecule has 31 heavy (non-hydrogen) atoms. The Morgan fingerprint density at radius 2 is 2.03 bits per heavy atom. The fourth-order valence-corrected chi connectivity index (χ4v) is 5.07. The third-order valence-corrected chi connectivity index (χ3v) is 7.03. The molecule has 0 unspecified atom stereocenters. The van der Waals surface area contributed by atoms with Gasteiger partial charge in [0, 0.05) is 28.8 Å². The summed E-state index contributed by atoms with van der Waals surface area (Å²) in [6, 6.07) is 10.7. The number of fused-ring (bicyclic) bond motifs is 3. The third kappa shape index (κ3) is 4.92. The van der Waals surface area contributed by atoms with Crippen LogP contribution in [0.5, 0.6) is 0 Å². The number of thioether (sulfide) groups is 1. The zero-order valence-corrected chi connectivity index (χ0v) is 19.5. The van der Waals surface area contributed by atoms with Crippen LogP contribution in [0.15, 0.2) is 52.5 Å². The van der Waals surface area contributed by atoms with E-state index in [9.17, 15) is 9.59 Å². The molecule has 0 saturated carbocycles. The first kappa shape index (κ1) is 21.8. The van der Waals surface area contributed by atoms with E-state index in [-0.39, 0.29) is 17.2 Å². The Kier molecular flexibility index (Phi) is 6.60. The van der Waals surface area contributed by atoms with Gasteiger partial charge in [-0.1, -0.05) is 37.2 Å². The van der Waals surface area contributed by atoms with Gasteiger partial charge in [0.05, 0.1) is 11.3 Å². The Morgan fingerprint density at radius 3 is 2.77 bits per heavy atom. The van der Waals surface area contributed by atoms with Crippen LogP contribution in [-0.4, -0.2) is 26.2 Å². The second-order valence-corrected chi connectivity index (χ2v) is 9.89. The average molecular weight is 473 g/mol. The predicted octanol–water partition coefficient (Wildman–Crippen LogP) is 5.44. The Labute approximate surface area is 192 Å². The maximum atomic E-state index is 13.3.